The van der Waals surface area contributed by atoms with Crippen molar-refractivity contribution in [1.29, 1.82) is 0 Å². The lowest BCUT2D eigenvalue weighted by Gasteiger charge is -2.10. The van der Waals surface area contributed by atoms with Crippen LogP contribution in [0.25, 0.3) is 0 Å². The van der Waals surface area contributed by atoms with E-state index in [2.05, 4.69) is 17.4 Å². The lowest BCUT2D eigenvalue weighted by molar-refractivity contribution is -0.117. The average Bonchev–Trinajstić information content (AvgIpc) is 3.23. The molecule has 1 saturated carbocycles. The second-order valence-corrected chi connectivity index (χ2v) is 6.98. The minimum atomic E-state index is 0.00549. The molecule has 1 fully saturated rings. The monoisotopic (exact) mass is 335 g/mol. The molecule has 1 aliphatic rings. The van der Waals surface area contributed by atoms with Crippen molar-refractivity contribution < 1.29 is 9.21 Å². The van der Waals surface area contributed by atoms with Crippen LogP contribution in [0.2, 0.25) is 0 Å². The number of benzene rings is 2. The van der Waals surface area contributed by atoms with Crippen LogP contribution in [-0.2, 0) is 4.79 Å². The number of nitrogens with one attached hydrogen (secondary N) is 1. The molecule has 0 bridgehead atoms. The molecule has 1 aromatic heterocycles. The first-order chi connectivity index (χ1) is 11.8. The summed E-state index contributed by atoms with van der Waals surface area (Å²) in [6.45, 7) is 0. The van der Waals surface area contributed by atoms with Gasteiger partial charge in [0, 0.05) is 21.6 Å². The number of hydrogen-bond acceptors (Lipinski definition) is 3. The Balaban J connectivity index is 1.46. The Labute approximate surface area is 145 Å². The smallest absolute Gasteiger partial charge is 0.228 e. The quantitative estimate of drug-likeness (QED) is 0.699. The molecular formula is C20H17NO2S. The van der Waals surface area contributed by atoms with Crippen LogP contribution < -0.4 is 5.32 Å². The molecule has 1 heterocycles. The zero-order valence-corrected chi connectivity index (χ0v) is 13.8. The van der Waals surface area contributed by atoms with E-state index >= 15 is 0 Å². The van der Waals surface area contributed by atoms with Gasteiger partial charge in [-0.1, -0.05) is 42.1 Å². The number of para-hydroxylation sites is 1. The van der Waals surface area contributed by atoms with E-state index in [1.54, 1.807) is 18.0 Å². The highest BCUT2D eigenvalue weighted by molar-refractivity contribution is 7.99. The first kappa shape index (κ1) is 15.1. The third kappa shape index (κ3) is 3.24. The van der Waals surface area contributed by atoms with E-state index < -0.39 is 0 Å². The molecule has 4 rings (SSSR count). The summed E-state index contributed by atoms with van der Waals surface area (Å²) in [6, 6.07) is 21.9. The normalized spacial score (nSPS) is 19.0. The van der Waals surface area contributed by atoms with E-state index in [0.29, 0.717) is 0 Å². The van der Waals surface area contributed by atoms with Crippen LogP contribution in [0.1, 0.15) is 18.1 Å². The van der Waals surface area contributed by atoms with E-state index in [9.17, 15) is 4.79 Å². The topological polar surface area (TPSA) is 42.2 Å². The van der Waals surface area contributed by atoms with Crippen molar-refractivity contribution in [3.63, 3.8) is 0 Å². The minimum Gasteiger partial charge on any atom is -0.469 e. The number of rotatable bonds is 5. The molecule has 0 radical (unpaired) electrons. The third-order valence-corrected chi connectivity index (χ3v) is 5.24. The second kappa shape index (κ2) is 6.57. The molecule has 1 amide bonds. The number of amides is 1. The molecule has 2 atom stereocenters. The maximum Gasteiger partial charge on any atom is 0.228 e. The molecular weight excluding hydrogens is 318 g/mol. The van der Waals surface area contributed by atoms with Gasteiger partial charge >= 0.3 is 0 Å². The molecule has 120 valence electrons. The summed E-state index contributed by atoms with van der Waals surface area (Å²) in [6.07, 6.45) is 2.52. The first-order valence-corrected chi connectivity index (χ1v) is 8.79. The highest BCUT2D eigenvalue weighted by Crippen LogP contribution is 2.48. The minimum absolute atomic E-state index is 0.00549. The Kier molecular flexibility index (Phi) is 4.13. The molecule has 4 heteroatoms. The predicted octanol–water partition coefficient (Wildman–Crippen LogP) is 5.17. The van der Waals surface area contributed by atoms with E-state index in [1.807, 2.05) is 54.6 Å². The molecule has 3 aromatic rings. The second-order valence-electron chi connectivity index (χ2n) is 5.86. The third-order valence-electron chi connectivity index (χ3n) is 4.15. The maximum absolute atomic E-state index is 12.5. The number of hydrogen-bond donors (Lipinski definition) is 1. The van der Waals surface area contributed by atoms with Crippen molar-refractivity contribution in [2.24, 2.45) is 5.92 Å². The zero-order chi connectivity index (χ0) is 16.4. The highest BCUT2D eigenvalue weighted by atomic mass is 32.2. The number of anilines is 1. The molecule has 24 heavy (non-hydrogen) atoms. The van der Waals surface area contributed by atoms with Gasteiger partial charge in [-0.2, -0.15) is 0 Å². The largest absolute Gasteiger partial charge is 0.469 e. The SMILES string of the molecule is O=C(Nc1ccccc1Sc1ccccc1)[C@H]1C[C@@H]1c1ccco1. The summed E-state index contributed by atoms with van der Waals surface area (Å²) in [4.78, 5) is 14.7. The molecule has 0 unspecified atom stereocenters. The predicted molar refractivity (Wildman–Crippen MR) is 95.2 cm³/mol. The van der Waals surface area contributed by atoms with Crippen molar-refractivity contribution in [3.8, 4) is 0 Å². The van der Waals surface area contributed by atoms with E-state index in [4.69, 9.17) is 4.42 Å². The van der Waals surface area contributed by atoms with Crippen LogP contribution in [0.3, 0.4) is 0 Å². The Morgan fingerprint density at radius 1 is 1.00 bits per heavy atom. The van der Waals surface area contributed by atoms with Gasteiger partial charge in [0.15, 0.2) is 0 Å². The fourth-order valence-electron chi connectivity index (χ4n) is 2.80. The van der Waals surface area contributed by atoms with Crippen molar-refractivity contribution >= 4 is 23.4 Å². The molecule has 1 aliphatic carbocycles. The zero-order valence-electron chi connectivity index (χ0n) is 13.0. The summed E-state index contributed by atoms with van der Waals surface area (Å²) in [5, 5.41) is 3.08. The molecule has 0 aliphatic heterocycles. The van der Waals surface area contributed by atoms with E-state index in [0.717, 1.165) is 27.7 Å². The van der Waals surface area contributed by atoms with Crippen LogP contribution in [0.15, 0.2) is 87.2 Å². The standard InChI is InChI=1S/C20H17NO2S/c22-20(16-13-15(16)18-10-6-12-23-18)21-17-9-4-5-11-19(17)24-14-7-2-1-3-8-14/h1-12,15-16H,13H2,(H,21,22)/t15-,16-/m0/s1. The summed E-state index contributed by atoms with van der Waals surface area (Å²) in [5.41, 5.74) is 0.862. The van der Waals surface area contributed by atoms with Gasteiger partial charge in [0.2, 0.25) is 5.91 Å². The van der Waals surface area contributed by atoms with Gasteiger partial charge < -0.3 is 9.73 Å². The fraction of sp³-hybridized carbons (Fsp3) is 0.150. The molecule has 2 aromatic carbocycles. The van der Waals surface area contributed by atoms with Crippen molar-refractivity contribution in [2.75, 3.05) is 5.32 Å². The molecule has 0 spiro atoms. The number of carbonyl (C=O) groups is 1. The van der Waals surface area contributed by atoms with Gasteiger partial charge in [0.25, 0.3) is 0 Å². The molecule has 1 N–H and O–H groups in total. The van der Waals surface area contributed by atoms with Crippen molar-refractivity contribution in [2.45, 2.75) is 22.1 Å². The average molecular weight is 335 g/mol. The Morgan fingerprint density at radius 3 is 2.58 bits per heavy atom. The Bertz CT molecular complexity index is 830. The summed E-state index contributed by atoms with van der Waals surface area (Å²) in [5.74, 6) is 1.19. The lowest BCUT2D eigenvalue weighted by atomic mass is 10.2. The van der Waals surface area contributed by atoms with Gasteiger partial charge in [0.1, 0.15) is 5.76 Å². The highest BCUT2D eigenvalue weighted by Gasteiger charge is 2.45. The van der Waals surface area contributed by atoms with Crippen LogP contribution in [-0.4, -0.2) is 5.91 Å². The summed E-state index contributed by atoms with van der Waals surface area (Å²) < 4.78 is 5.41. The van der Waals surface area contributed by atoms with Gasteiger partial charge in [-0.05, 0) is 42.8 Å². The van der Waals surface area contributed by atoms with E-state index in [-0.39, 0.29) is 17.7 Å². The lowest BCUT2D eigenvalue weighted by Crippen LogP contribution is -2.15. The first-order valence-electron chi connectivity index (χ1n) is 7.97. The van der Waals surface area contributed by atoms with E-state index in [1.165, 1.54) is 0 Å². The molecule has 3 nitrogen and oxygen atoms in total. The van der Waals surface area contributed by atoms with Crippen LogP contribution in [0, 0.1) is 5.92 Å². The Hall–Kier alpha value is -2.46. The fourth-order valence-corrected chi connectivity index (χ4v) is 3.72. The van der Waals surface area contributed by atoms with Gasteiger partial charge in [0.05, 0.1) is 12.0 Å². The molecule has 0 saturated heterocycles. The van der Waals surface area contributed by atoms with Crippen LogP contribution in [0.5, 0.6) is 0 Å². The van der Waals surface area contributed by atoms with Gasteiger partial charge in [-0.3, -0.25) is 4.79 Å². The number of furan rings is 1. The summed E-state index contributed by atoms with van der Waals surface area (Å²) in [7, 11) is 0. The van der Waals surface area contributed by atoms with Crippen molar-refractivity contribution in [1.82, 2.24) is 0 Å². The van der Waals surface area contributed by atoms with Crippen molar-refractivity contribution in [3.05, 3.63) is 78.8 Å². The van der Waals surface area contributed by atoms with Crippen LogP contribution in [0.4, 0.5) is 5.69 Å². The van der Waals surface area contributed by atoms with Gasteiger partial charge in [-0.15, -0.1) is 0 Å². The summed E-state index contributed by atoms with van der Waals surface area (Å²) >= 11 is 1.65. The maximum atomic E-state index is 12.5. The van der Waals surface area contributed by atoms with Gasteiger partial charge in [-0.25, -0.2) is 0 Å². The van der Waals surface area contributed by atoms with Crippen LogP contribution >= 0.6 is 11.8 Å². The Morgan fingerprint density at radius 2 is 1.79 bits per heavy atom. The number of carbonyl (C=O) groups excluding carboxylic acids is 1.